The molecule has 0 spiro atoms. The number of rotatable bonds is 7. The maximum Gasteiger partial charge on any atom is 0.241 e. The summed E-state index contributed by atoms with van der Waals surface area (Å²) in [6, 6.07) is 1.70. The molecule has 1 heterocycles. The minimum absolute atomic E-state index is 0.000937. The van der Waals surface area contributed by atoms with Crippen LogP contribution in [0, 0.1) is 0 Å². The first-order valence-electron chi connectivity index (χ1n) is 6.30. The zero-order valence-electron chi connectivity index (χ0n) is 12.4. The summed E-state index contributed by atoms with van der Waals surface area (Å²) in [6.45, 7) is 3.13. The van der Waals surface area contributed by atoms with Crippen molar-refractivity contribution in [2.24, 2.45) is 5.84 Å². The lowest BCUT2D eigenvalue weighted by molar-refractivity contribution is -0.127. The molecule has 1 amide bonds. The van der Waals surface area contributed by atoms with Crippen molar-refractivity contribution in [1.82, 2.24) is 14.9 Å². The van der Waals surface area contributed by atoms with E-state index in [1.54, 1.807) is 32.2 Å². The second-order valence-corrected chi connectivity index (χ2v) is 4.41. The van der Waals surface area contributed by atoms with Crippen molar-refractivity contribution in [2.75, 3.05) is 44.6 Å². The maximum atomic E-state index is 11.8. The van der Waals surface area contributed by atoms with Gasteiger partial charge in [-0.3, -0.25) is 4.79 Å². The third-order valence-corrected chi connectivity index (χ3v) is 2.71. The summed E-state index contributed by atoms with van der Waals surface area (Å²) in [4.78, 5) is 23.8. The Hall–Kier alpha value is -1.93. The summed E-state index contributed by atoms with van der Waals surface area (Å²) in [7, 11) is 5.01. The van der Waals surface area contributed by atoms with E-state index in [-0.39, 0.29) is 19.1 Å². The summed E-state index contributed by atoms with van der Waals surface area (Å²) in [5.41, 5.74) is 2.49. The van der Waals surface area contributed by atoms with Crippen LogP contribution < -0.4 is 16.2 Å². The first-order chi connectivity index (χ1) is 9.51. The average Bonchev–Trinajstić information content (AvgIpc) is 2.44. The summed E-state index contributed by atoms with van der Waals surface area (Å²) >= 11 is 0. The van der Waals surface area contributed by atoms with E-state index in [2.05, 4.69) is 15.4 Å². The molecular formula is C12H22N6O2. The normalized spacial score (nSPS) is 10.2. The summed E-state index contributed by atoms with van der Waals surface area (Å²) in [5.74, 6) is 7.03. The quantitative estimate of drug-likeness (QED) is 0.529. The molecule has 0 unspecified atom stereocenters. The number of amides is 1. The SMILES string of the molecule is CCN(CC(=O)N(C)C)c1cc(NN)nc(COC)n1. The fourth-order valence-corrected chi connectivity index (χ4v) is 1.57. The monoisotopic (exact) mass is 282 g/mol. The highest BCUT2D eigenvalue weighted by atomic mass is 16.5. The van der Waals surface area contributed by atoms with Crippen LogP contribution >= 0.6 is 0 Å². The van der Waals surface area contributed by atoms with Crippen LogP contribution in [0.15, 0.2) is 6.07 Å². The van der Waals surface area contributed by atoms with Crippen LogP contribution in [-0.4, -0.2) is 55.1 Å². The number of hydrogen-bond acceptors (Lipinski definition) is 7. The number of carbonyl (C=O) groups excluding carboxylic acids is 1. The average molecular weight is 282 g/mol. The molecule has 0 saturated carbocycles. The number of hydrazine groups is 1. The number of methoxy groups -OCH3 is 1. The lowest BCUT2D eigenvalue weighted by atomic mass is 10.4. The van der Waals surface area contributed by atoms with Gasteiger partial charge in [0.1, 0.15) is 18.2 Å². The molecule has 0 radical (unpaired) electrons. The molecule has 0 saturated heterocycles. The number of nitrogens with zero attached hydrogens (tertiary/aromatic N) is 4. The van der Waals surface area contributed by atoms with E-state index < -0.39 is 0 Å². The van der Waals surface area contributed by atoms with Crippen LogP contribution in [0.5, 0.6) is 0 Å². The number of aromatic nitrogens is 2. The van der Waals surface area contributed by atoms with E-state index in [4.69, 9.17) is 10.6 Å². The number of nitrogen functional groups attached to an aromatic ring is 1. The maximum absolute atomic E-state index is 11.8. The van der Waals surface area contributed by atoms with E-state index in [1.165, 1.54) is 0 Å². The Balaban J connectivity index is 3.01. The molecule has 0 fully saturated rings. The third-order valence-electron chi connectivity index (χ3n) is 2.71. The van der Waals surface area contributed by atoms with Crippen molar-refractivity contribution in [3.8, 4) is 0 Å². The second-order valence-electron chi connectivity index (χ2n) is 4.41. The number of ether oxygens (including phenoxy) is 1. The van der Waals surface area contributed by atoms with Gasteiger partial charge in [-0.25, -0.2) is 15.8 Å². The van der Waals surface area contributed by atoms with Gasteiger partial charge in [0.2, 0.25) is 5.91 Å². The standard InChI is InChI=1S/C12H22N6O2/c1-5-18(7-12(19)17(2)3)11-6-9(16-13)14-10(15-11)8-20-4/h6H,5,7-8,13H2,1-4H3,(H,14,15,16). The molecule has 1 aromatic rings. The molecule has 0 aromatic carbocycles. The van der Waals surface area contributed by atoms with Gasteiger partial charge < -0.3 is 20.0 Å². The van der Waals surface area contributed by atoms with Crippen LogP contribution in [-0.2, 0) is 16.1 Å². The van der Waals surface area contributed by atoms with Crippen LogP contribution in [0.2, 0.25) is 0 Å². The van der Waals surface area contributed by atoms with Gasteiger partial charge in [-0.15, -0.1) is 0 Å². The summed E-state index contributed by atoms with van der Waals surface area (Å²) in [5, 5.41) is 0. The van der Waals surface area contributed by atoms with Gasteiger partial charge in [0.15, 0.2) is 5.82 Å². The van der Waals surface area contributed by atoms with Crippen molar-refractivity contribution < 1.29 is 9.53 Å². The highest BCUT2D eigenvalue weighted by molar-refractivity contribution is 5.80. The molecule has 0 aliphatic rings. The lowest BCUT2D eigenvalue weighted by Gasteiger charge is -2.23. The number of anilines is 2. The Morgan fingerprint density at radius 3 is 2.65 bits per heavy atom. The van der Waals surface area contributed by atoms with Gasteiger partial charge in [-0.1, -0.05) is 0 Å². The van der Waals surface area contributed by atoms with Gasteiger partial charge in [0.25, 0.3) is 0 Å². The van der Waals surface area contributed by atoms with Crippen LogP contribution in [0.3, 0.4) is 0 Å². The van der Waals surface area contributed by atoms with Gasteiger partial charge in [0, 0.05) is 33.8 Å². The Morgan fingerprint density at radius 2 is 2.15 bits per heavy atom. The highest BCUT2D eigenvalue weighted by Gasteiger charge is 2.14. The Morgan fingerprint density at radius 1 is 1.45 bits per heavy atom. The smallest absolute Gasteiger partial charge is 0.241 e. The first kappa shape index (κ1) is 16.1. The number of nitrogens with two attached hydrogens (primary N) is 1. The Kier molecular flexibility index (Phi) is 6.13. The van der Waals surface area contributed by atoms with Crippen molar-refractivity contribution >= 4 is 17.5 Å². The minimum Gasteiger partial charge on any atom is -0.377 e. The molecule has 8 nitrogen and oxygen atoms in total. The number of likely N-dealkylation sites (N-methyl/N-ethyl adjacent to an activating group) is 2. The zero-order valence-corrected chi connectivity index (χ0v) is 12.4. The Labute approximate surface area is 118 Å². The van der Waals surface area contributed by atoms with E-state index in [9.17, 15) is 4.79 Å². The molecule has 1 aromatic heterocycles. The molecule has 3 N–H and O–H groups in total. The van der Waals surface area contributed by atoms with Gasteiger partial charge in [-0.2, -0.15) is 0 Å². The molecule has 0 aliphatic carbocycles. The second kappa shape index (κ2) is 7.61. The predicted octanol–water partition coefficient (Wildman–Crippen LogP) is -0.177. The van der Waals surface area contributed by atoms with Crippen molar-refractivity contribution in [2.45, 2.75) is 13.5 Å². The van der Waals surface area contributed by atoms with Crippen molar-refractivity contribution in [3.63, 3.8) is 0 Å². The highest BCUT2D eigenvalue weighted by Crippen LogP contribution is 2.16. The molecular weight excluding hydrogens is 260 g/mol. The molecule has 1 rings (SSSR count). The van der Waals surface area contributed by atoms with Crippen molar-refractivity contribution in [1.29, 1.82) is 0 Å². The minimum atomic E-state index is 0.000937. The molecule has 0 aliphatic heterocycles. The lowest BCUT2D eigenvalue weighted by Crippen LogP contribution is -2.37. The number of carbonyl (C=O) groups is 1. The van der Waals surface area contributed by atoms with Crippen molar-refractivity contribution in [3.05, 3.63) is 11.9 Å². The summed E-state index contributed by atoms with van der Waals surface area (Å²) < 4.78 is 5.03. The zero-order chi connectivity index (χ0) is 15.1. The third kappa shape index (κ3) is 4.32. The van der Waals surface area contributed by atoms with E-state index in [0.717, 1.165) is 0 Å². The number of nitrogens with one attached hydrogen (secondary N) is 1. The molecule has 0 bridgehead atoms. The fourth-order valence-electron chi connectivity index (χ4n) is 1.57. The topological polar surface area (TPSA) is 96.6 Å². The van der Waals surface area contributed by atoms with Crippen LogP contribution in [0.1, 0.15) is 12.7 Å². The summed E-state index contributed by atoms with van der Waals surface area (Å²) in [6.07, 6.45) is 0. The predicted molar refractivity (Wildman–Crippen MR) is 77.1 cm³/mol. The van der Waals surface area contributed by atoms with Gasteiger partial charge >= 0.3 is 0 Å². The van der Waals surface area contributed by atoms with Crippen LogP contribution in [0.4, 0.5) is 11.6 Å². The van der Waals surface area contributed by atoms with E-state index >= 15 is 0 Å². The first-order valence-corrected chi connectivity index (χ1v) is 6.30. The van der Waals surface area contributed by atoms with Gasteiger partial charge in [-0.05, 0) is 6.92 Å². The number of hydrogen-bond donors (Lipinski definition) is 2. The molecule has 20 heavy (non-hydrogen) atoms. The molecule has 0 atom stereocenters. The van der Waals surface area contributed by atoms with E-state index in [0.29, 0.717) is 24.0 Å². The fraction of sp³-hybridized carbons (Fsp3) is 0.583. The van der Waals surface area contributed by atoms with E-state index in [1.807, 2.05) is 11.8 Å². The molecule has 8 heteroatoms. The van der Waals surface area contributed by atoms with Gasteiger partial charge in [0.05, 0.1) is 6.54 Å². The largest absolute Gasteiger partial charge is 0.377 e. The Bertz CT molecular complexity index is 452. The molecule has 112 valence electrons. The van der Waals surface area contributed by atoms with Crippen LogP contribution in [0.25, 0.3) is 0 Å².